The van der Waals surface area contributed by atoms with Gasteiger partial charge >= 0.3 is 0 Å². The molecule has 4 heterocycles. The smallest absolute Gasteiger partial charge is 0.270 e. The molecule has 2 aromatic heterocycles. The number of hydrogen-bond acceptors (Lipinski definition) is 5. The van der Waals surface area contributed by atoms with E-state index >= 15 is 0 Å². The van der Waals surface area contributed by atoms with Crippen molar-refractivity contribution in [3.05, 3.63) is 62.2 Å². The van der Waals surface area contributed by atoms with Crippen molar-refractivity contribution in [2.24, 2.45) is 0 Å². The number of ether oxygens (including phenoxy) is 1. The van der Waals surface area contributed by atoms with Gasteiger partial charge in [-0.1, -0.05) is 18.2 Å². The summed E-state index contributed by atoms with van der Waals surface area (Å²) < 4.78 is 7.59. The lowest BCUT2D eigenvalue weighted by molar-refractivity contribution is -0.113. The first-order chi connectivity index (χ1) is 14.8. The predicted molar refractivity (Wildman–Crippen MR) is 121 cm³/mol. The minimum atomic E-state index is -0.555. The molecular weight excluding hydrogens is 416 g/mol. The third kappa shape index (κ3) is 3.61. The first kappa shape index (κ1) is 20.1. The quantitative estimate of drug-likeness (QED) is 0.568. The molecule has 0 bridgehead atoms. The number of H-pyrrole nitrogens is 2. The lowest BCUT2D eigenvalue weighted by atomic mass is 9.94. The number of fused-ring (bicyclic) bond motifs is 2. The minimum absolute atomic E-state index is 0.0147. The van der Waals surface area contributed by atoms with Gasteiger partial charge < -0.3 is 15.0 Å². The number of nitrogens with zero attached hydrogens (tertiary/aromatic N) is 1. The summed E-state index contributed by atoms with van der Waals surface area (Å²) in [7, 11) is 0. The molecule has 0 saturated carbocycles. The van der Waals surface area contributed by atoms with Crippen molar-refractivity contribution in [3.63, 3.8) is 0 Å². The summed E-state index contributed by atoms with van der Waals surface area (Å²) in [5, 5.41) is 6.17. The van der Waals surface area contributed by atoms with Gasteiger partial charge in [-0.2, -0.15) is 0 Å². The number of aromatic nitrogens is 3. The molecule has 1 amide bonds. The highest BCUT2D eigenvalue weighted by molar-refractivity contribution is 8.00. The van der Waals surface area contributed by atoms with E-state index in [-0.39, 0.29) is 34.4 Å². The Bertz CT molecular complexity index is 1290. The Hall–Kier alpha value is -2.78. The van der Waals surface area contributed by atoms with Gasteiger partial charge in [0.25, 0.3) is 11.1 Å². The topological polar surface area (TPSA) is 109 Å². The maximum absolute atomic E-state index is 13.1. The molecule has 2 aliphatic heterocycles. The molecule has 9 heteroatoms. The lowest BCUT2D eigenvalue weighted by Gasteiger charge is -2.36. The van der Waals surface area contributed by atoms with Crippen LogP contribution >= 0.6 is 11.8 Å². The van der Waals surface area contributed by atoms with Gasteiger partial charge in [-0.15, -0.1) is 11.8 Å². The van der Waals surface area contributed by atoms with Crippen molar-refractivity contribution in [1.82, 2.24) is 14.8 Å². The average Bonchev–Trinajstić information content (AvgIpc) is 2.93. The van der Waals surface area contributed by atoms with Crippen LogP contribution < -0.4 is 16.4 Å². The summed E-state index contributed by atoms with van der Waals surface area (Å²) in [4.78, 5) is 41.5. The molecule has 162 valence electrons. The van der Waals surface area contributed by atoms with E-state index in [9.17, 15) is 14.4 Å². The summed E-state index contributed by atoms with van der Waals surface area (Å²) >= 11 is 1.29. The zero-order valence-electron chi connectivity index (χ0n) is 17.4. The zero-order chi connectivity index (χ0) is 21.8. The Balaban J connectivity index is 1.66. The summed E-state index contributed by atoms with van der Waals surface area (Å²) in [6, 6.07) is 9.32. The van der Waals surface area contributed by atoms with E-state index in [4.69, 9.17) is 4.74 Å². The van der Waals surface area contributed by atoms with Gasteiger partial charge in [0.1, 0.15) is 5.82 Å². The Morgan fingerprint density at radius 1 is 1.16 bits per heavy atom. The van der Waals surface area contributed by atoms with Crippen molar-refractivity contribution in [3.8, 4) is 0 Å². The van der Waals surface area contributed by atoms with Crippen LogP contribution in [-0.2, 0) is 9.53 Å². The van der Waals surface area contributed by atoms with E-state index in [0.29, 0.717) is 30.0 Å². The van der Waals surface area contributed by atoms with Crippen molar-refractivity contribution in [1.29, 1.82) is 0 Å². The van der Waals surface area contributed by atoms with E-state index in [1.807, 2.05) is 44.2 Å². The van der Waals surface area contributed by atoms with Crippen LogP contribution in [0.15, 0.2) is 39.9 Å². The molecule has 0 spiro atoms. The van der Waals surface area contributed by atoms with Gasteiger partial charge in [-0.3, -0.25) is 24.2 Å². The third-order valence-corrected chi connectivity index (χ3v) is 7.22. The van der Waals surface area contributed by atoms with Gasteiger partial charge in [-0.25, -0.2) is 0 Å². The maximum atomic E-state index is 13.1. The number of anilines is 1. The van der Waals surface area contributed by atoms with Gasteiger partial charge in [0.05, 0.1) is 28.2 Å². The van der Waals surface area contributed by atoms with Crippen molar-refractivity contribution in [2.45, 2.75) is 43.6 Å². The Morgan fingerprint density at radius 2 is 1.97 bits per heavy atom. The molecule has 5 rings (SSSR count). The number of rotatable bonds is 2. The normalized spacial score (nSPS) is 23.2. The molecule has 2 atom stereocenters. The van der Waals surface area contributed by atoms with Gasteiger partial charge in [0, 0.05) is 17.7 Å². The molecule has 31 heavy (non-hydrogen) atoms. The summed E-state index contributed by atoms with van der Waals surface area (Å²) in [6.07, 6.45) is 1.43. The van der Waals surface area contributed by atoms with E-state index in [2.05, 4.69) is 15.4 Å². The second-order valence-electron chi connectivity index (χ2n) is 8.71. The number of hydrogen-bond donors (Lipinski definition) is 3. The van der Waals surface area contributed by atoms with Gasteiger partial charge in [-0.05, 0) is 44.2 Å². The van der Waals surface area contributed by atoms with E-state index in [1.165, 1.54) is 11.8 Å². The second kappa shape index (κ2) is 7.42. The molecule has 2 aliphatic rings. The summed E-state index contributed by atoms with van der Waals surface area (Å²) in [5.74, 6) is 0.426. The number of nitrogens with one attached hydrogen (secondary N) is 3. The maximum Gasteiger partial charge on any atom is 0.270 e. The fourth-order valence-corrected chi connectivity index (χ4v) is 5.67. The number of amides is 1. The fourth-order valence-electron chi connectivity index (χ4n) is 4.54. The molecule has 0 unspecified atom stereocenters. The van der Waals surface area contributed by atoms with Crippen LogP contribution in [0.1, 0.15) is 49.1 Å². The number of pyridine rings is 1. The largest absolute Gasteiger partial charge is 0.375 e. The van der Waals surface area contributed by atoms with Crippen LogP contribution in [0.5, 0.6) is 0 Å². The Labute approximate surface area is 182 Å². The molecule has 3 N–H and O–H groups in total. The van der Waals surface area contributed by atoms with Crippen molar-refractivity contribution >= 4 is 34.4 Å². The third-order valence-electron chi connectivity index (χ3n) is 5.96. The van der Waals surface area contributed by atoms with Crippen molar-refractivity contribution in [2.75, 3.05) is 17.7 Å². The molecule has 1 fully saturated rings. The Morgan fingerprint density at radius 3 is 2.77 bits per heavy atom. The number of aromatic amines is 2. The van der Waals surface area contributed by atoms with E-state index in [1.54, 1.807) is 4.68 Å². The molecular formula is C22H24N4O4S. The standard InChI is InChI=1S/C22H24N4O4S/c1-22(2)10-13(7-8-30-22)26-19-17(21(29)25-26)18(31-11-16(27)24-19)14-9-12-5-3-4-6-15(12)23-20(14)28/h3-6,9,13,18H,7-8,10-11H2,1-2H3,(H,23,28)(H,24,27)(H,25,29)/t13-,18+/m0/s1. The fraction of sp³-hybridized carbons (Fsp3) is 0.409. The number of benzene rings is 1. The molecule has 0 radical (unpaired) electrons. The number of thioether (sulfide) groups is 1. The van der Waals surface area contributed by atoms with Crippen molar-refractivity contribution < 1.29 is 9.53 Å². The second-order valence-corrected chi connectivity index (χ2v) is 9.80. The highest BCUT2D eigenvalue weighted by Gasteiger charge is 2.36. The number of para-hydroxylation sites is 1. The highest BCUT2D eigenvalue weighted by atomic mass is 32.2. The monoisotopic (exact) mass is 440 g/mol. The number of carbonyl (C=O) groups excluding carboxylic acids is 1. The van der Waals surface area contributed by atoms with E-state index in [0.717, 1.165) is 17.3 Å². The molecule has 0 aliphatic carbocycles. The summed E-state index contributed by atoms with van der Waals surface area (Å²) in [5.41, 5.74) is 0.760. The molecule has 1 saturated heterocycles. The van der Waals surface area contributed by atoms with Crippen LogP contribution in [0.2, 0.25) is 0 Å². The average molecular weight is 441 g/mol. The van der Waals surface area contributed by atoms with Crippen LogP contribution in [-0.4, -0.2) is 38.6 Å². The predicted octanol–water partition coefficient (Wildman–Crippen LogP) is 2.92. The minimum Gasteiger partial charge on any atom is -0.375 e. The van der Waals surface area contributed by atoms with E-state index < -0.39 is 5.25 Å². The van der Waals surface area contributed by atoms with Crippen LogP contribution in [0, 0.1) is 0 Å². The molecule has 3 aromatic rings. The van der Waals surface area contributed by atoms with Gasteiger partial charge in [0.15, 0.2) is 0 Å². The molecule has 1 aromatic carbocycles. The zero-order valence-corrected chi connectivity index (χ0v) is 18.2. The lowest BCUT2D eigenvalue weighted by Crippen LogP contribution is -2.36. The van der Waals surface area contributed by atoms with Crippen LogP contribution in [0.3, 0.4) is 0 Å². The van der Waals surface area contributed by atoms with Crippen LogP contribution in [0.4, 0.5) is 5.82 Å². The highest BCUT2D eigenvalue weighted by Crippen LogP contribution is 2.41. The first-order valence-electron chi connectivity index (χ1n) is 10.3. The summed E-state index contributed by atoms with van der Waals surface area (Å²) in [6.45, 7) is 4.61. The first-order valence-corrected chi connectivity index (χ1v) is 11.4. The number of carbonyl (C=O) groups is 1. The molecule has 8 nitrogen and oxygen atoms in total. The van der Waals surface area contributed by atoms with Gasteiger partial charge in [0.2, 0.25) is 5.91 Å². The Kier molecular flexibility index (Phi) is 4.82. The van der Waals surface area contributed by atoms with Crippen LogP contribution in [0.25, 0.3) is 10.9 Å². The SMILES string of the molecule is CC1(C)C[C@@H](n2[nH]c(=O)c3c2NC(=O)CS[C@@H]3c2cc3ccccc3[nH]c2=O)CCO1.